The van der Waals surface area contributed by atoms with Crippen molar-refractivity contribution in [3.8, 4) is 11.5 Å². The van der Waals surface area contributed by atoms with Gasteiger partial charge in [-0.3, -0.25) is 14.2 Å². The number of carbonyl (C=O) groups is 1. The van der Waals surface area contributed by atoms with Gasteiger partial charge in [0.25, 0.3) is 5.56 Å². The number of carboxylic acids is 1. The molecule has 0 radical (unpaired) electrons. The van der Waals surface area contributed by atoms with Gasteiger partial charge in [0.05, 0.1) is 18.7 Å². The molecule has 1 aliphatic rings. The van der Waals surface area contributed by atoms with Gasteiger partial charge in [-0.1, -0.05) is 11.8 Å². The van der Waals surface area contributed by atoms with Gasteiger partial charge in [0.1, 0.15) is 5.69 Å². The van der Waals surface area contributed by atoms with Gasteiger partial charge in [0, 0.05) is 11.8 Å². The minimum atomic E-state index is -0.916. The zero-order valence-corrected chi connectivity index (χ0v) is 10.6. The lowest BCUT2D eigenvalue weighted by molar-refractivity contribution is -0.137. The molecule has 0 fully saturated rings. The Bertz CT molecular complexity index is 678. The topological polar surface area (TPSA) is 85.3 Å². The lowest BCUT2D eigenvalue weighted by atomic mass is 10.2. The number of aliphatic carboxylic acids is 1. The minimum absolute atomic E-state index is 0.0678. The molecule has 3 rings (SSSR count). The van der Waals surface area contributed by atoms with E-state index < -0.39 is 5.97 Å². The van der Waals surface area contributed by atoms with Crippen molar-refractivity contribution < 1.29 is 14.3 Å². The molecule has 1 unspecified atom stereocenters. The summed E-state index contributed by atoms with van der Waals surface area (Å²) in [7, 11) is 0. The van der Waals surface area contributed by atoms with E-state index in [1.165, 1.54) is 28.7 Å². The second-order valence-corrected chi connectivity index (χ2v) is 5.16. The fourth-order valence-electron chi connectivity index (χ4n) is 2.06. The summed E-state index contributed by atoms with van der Waals surface area (Å²) in [6.45, 7) is 0. The molecule has 0 bridgehead atoms. The first-order valence-corrected chi connectivity index (χ1v) is 6.66. The van der Waals surface area contributed by atoms with E-state index in [1.807, 2.05) is 0 Å². The van der Waals surface area contributed by atoms with E-state index in [4.69, 9.17) is 9.52 Å². The number of fused-ring (bicyclic) bond motifs is 1. The second kappa shape index (κ2) is 4.58. The first kappa shape index (κ1) is 12.0. The standard InChI is InChI=1S/C12H10N2O4S/c15-10-5-8(9-2-1-3-18-9)13-12-14(10)7(6-19-12)4-11(16)17/h1-3,5,7H,4,6H2,(H,16,17). The van der Waals surface area contributed by atoms with E-state index in [0.717, 1.165) is 0 Å². The van der Waals surface area contributed by atoms with E-state index in [-0.39, 0.29) is 18.0 Å². The van der Waals surface area contributed by atoms with Crippen molar-refractivity contribution in [2.75, 3.05) is 5.75 Å². The summed E-state index contributed by atoms with van der Waals surface area (Å²) >= 11 is 1.39. The summed E-state index contributed by atoms with van der Waals surface area (Å²) in [5.74, 6) is 0.166. The highest BCUT2D eigenvalue weighted by molar-refractivity contribution is 7.99. The van der Waals surface area contributed by atoms with Gasteiger partial charge in [0.15, 0.2) is 10.9 Å². The van der Waals surface area contributed by atoms with E-state index in [0.29, 0.717) is 22.4 Å². The van der Waals surface area contributed by atoms with Crippen LogP contribution in [0.3, 0.4) is 0 Å². The number of rotatable bonds is 3. The molecular weight excluding hydrogens is 268 g/mol. The van der Waals surface area contributed by atoms with Crippen molar-refractivity contribution in [3.05, 3.63) is 34.8 Å². The molecule has 7 heteroatoms. The number of furan rings is 1. The van der Waals surface area contributed by atoms with Crippen molar-refractivity contribution in [2.45, 2.75) is 17.6 Å². The van der Waals surface area contributed by atoms with Gasteiger partial charge < -0.3 is 9.52 Å². The molecule has 2 aromatic rings. The van der Waals surface area contributed by atoms with Gasteiger partial charge in [-0.2, -0.15) is 0 Å². The third-order valence-electron chi connectivity index (χ3n) is 2.87. The van der Waals surface area contributed by atoms with Crippen LogP contribution in [0.2, 0.25) is 0 Å². The van der Waals surface area contributed by atoms with E-state index in [9.17, 15) is 9.59 Å². The van der Waals surface area contributed by atoms with Crippen molar-refractivity contribution in [3.63, 3.8) is 0 Å². The number of aromatic nitrogens is 2. The Balaban J connectivity index is 2.03. The Hall–Kier alpha value is -2.02. The normalized spacial score (nSPS) is 17.4. The highest BCUT2D eigenvalue weighted by Crippen LogP contribution is 2.33. The van der Waals surface area contributed by atoms with Gasteiger partial charge in [-0.15, -0.1) is 0 Å². The molecule has 1 N–H and O–H groups in total. The lowest BCUT2D eigenvalue weighted by Crippen LogP contribution is -2.25. The van der Waals surface area contributed by atoms with Gasteiger partial charge in [0.2, 0.25) is 0 Å². The van der Waals surface area contributed by atoms with Crippen LogP contribution < -0.4 is 5.56 Å². The third kappa shape index (κ3) is 2.17. The van der Waals surface area contributed by atoms with Crippen LogP contribution in [-0.4, -0.2) is 26.4 Å². The van der Waals surface area contributed by atoms with Gasteiger partial charge in [-0.25, -0.2) is 4.98 Å². The third-order valence-corrected chi connectivity index (χ3v) is 3.97. The van der Waals surface area contributed by atoms with Gasteiger partial charge in [-0.05, 0) is 12.1 Å². The molecule has 19 heavy (non-hydrogen) atoms. The lowest BCUT2D eigenvalue weighted by Gasteiger charge is -2.10. The number of thioether (sulfide) groups is 1. The maximum atomic E-state index is 12.1. The Labute approximate surface area is 112 Å². The Morgan fingerprint density at radius 3 is 3.16 bits per heavy atom. The van der Waals surface area contributed by atoms with Crippen molar-refractivity contribution in [1.29, 1.82) is 0 Å². The van der Waals surface area contributed by atoms with Crippen LogP contribution in [0.1, 0.15) is 12.5 Å². The largest absolute Gasteiger partial charge is 0.481 e. The second-order valence-electron chi connectivity index (χ2n) is 4.17. The van der Waals surface area contributed by atoms with Crippen LogP contribution in [0.5, 0.6) is 0 Å². The Kier molecular flexibility index (Phi) is 2.90. The van der Waals surface area contributed by atoms with E-state index in [1.54, 1.807) is 12.1 Å². The molecule has 2 aromatic heterocycles. The molecule has 0 aromatic carbocycles. The predicted molar refractivity (Wildman–Crippen MR) is 68.2 cm³/mol. The van der Waals surface area contributed by atoms with Crippen LogP contribution in [0.15, 0.2) is 38.8 Å². The average Bonchev–Trinajstić information content (AvgIpc) is 2.97. The fourth-order valence-corrected chi connectivity index (χ4v) is 3.20. The number of hydrogen-bond acceptors (Lipinski definition) is 5. The minimum Gasteiger partial charge on any atom is -0.481 e. The van der Waals surface area contributed by atoms with Crippen LogP contribution in [0.25, 0.3) is 11.5 Å². The van der Waals surface area contributed by atoms with Crippen molar-refractivity contribution >= 4 is 17.7 Å². The summed E-state index contributed by atoms with van der Waals surface area (Å²) in [4.78, 5) is 27.2. The molecule has 0 aliphatic carbocycles. The Morgan fingerprint density at radius 1 is 1.63 bits per heavy atom. The fraction of sp³-hybridized carbons (Fsp3) is 0.250. The summed E-state index contributed by atoms with van der Waals surface area (Å²) in [5.41, 5.74) is 0.234. The molecule has 1 atom stereocenters. The number of hydrogen-bond donors (Lipinski definition) is 1. The molecule has 0 spiro atoms. The van der Waals surface area contributed by atoms with Crippen molar-refractivity contribution in [2.24, 2.45) is 0 Å². The molecule has 98 valence electrons. The molecule has 6 nitrogen and oxygen atoms in total. The zero-order valence-electron chi connectivity index (χ0n) is 9.78. The maximum Gasteiger partial charge on any atom is 0.305 e. The first-order valence-electron chi connectivity index (χ1n) is 5.67. The van der Waals surface area contributed by atoms with E-state index in [2.05, 4.69) is 4.98 Å². The van der Waals surface area contributed by atoms with Crippen LogP contribution >= 0.6 is 11.8 Å². The summed E-state index contributed by atoms with van der Waals surface area (Å²) in [6, 6.07) is 4.50. The molecule has 3 heterocycles. The first-order chi connectivity index (χ1) is 9.15. The molecule has 0 amide bonds. The molecule has 1 aliphatic heterocycles. The Morgan fingerprint density at radius 2 is 2.47 bits per heavy atom. The highest BCUT2D eigenvalue weighted by Gasteiger charge is 2.27. The maximum absolute atomic E-state index is 12.1. The summed E-state index contributed by atoms with van der Waals surface area (Å²) < 4.78 is 6.66. The molecule has 0 saturated heterocycles. The van der Waals surface area contributed by atoms with Crippen LogP contribution in [0, 0.1) is 0 Å². The molecular formula is C12H10N2O4S. The summed E-state index contributed by atoms with van der Waals surface area (Å²) in [5, 5.41) is 9.38. The van der Waals surface area contributed by atoms with Gasteiger partial charge >= 0.3 is 5.97 Å². The zero-order chi connectivity index (χ0) is 13.4. The number of nitrogens with zero attached hydrogens (tertiary/aromatic N) is 2. The quantitative estimate of drug-likeness (QED) is 0.859. The smallest absolute Gasteiger partial charge is 0.305 e. The highest BCUT2D eigenvalue weighted by atomic mass is 32.2. The van der Waals surface area contributed by atoms with Crippen LogP contribution in [-0.2, 0) is 4.79 Å². The molecule has 0 saturated carbocycles. The summed E-state index contributed by atoms with van der Waals surface area (Å²) in [6.07, 6.45) is 1.45. The van der Waals surface area contributed by atoms with Crippen LogP contribution in [0.4, 0.5) is 0 Å². The van der Waals surface area contributed by atoms with E-state index >= 15 is 0 Å². The monoisotopic (exact) mass is 278 g/mol. The number of carboxylic acid groups (broad SMARTS) is 1. The SMILES string of the molecule is O=C(O)CC1CSc2nc(-c3ccco3)cc(=O)n21. The average molecular weight is 278 g/mol. The predicted octanol–water partition coefficient (Wildman–Crippen LogP) is 1.62. The van der Waals surface area contributed by atoms with Crippen molar-refractivity contribution in [1.82, 2.24) is 9.55 Å².